The summed E-state index contributed by atoms with van der Waals surface area (Å²) in [5.74, 6) is 1.70. The van der Waals surface area contributed by atoms with Crippen LogP contribution in [0.4, 0.5) is 0 Å². The summed E-state index contributed by atoms with van der Waals surface area (Å²) in [6.07, 6.45) is 12.6. The van der Waals surface area contributed by atoms with E-state index in [1.807, 2.05) is 24.8 Å². The third-order valence-corrected chi connectivity index (χ3v) is 5.08. The van der Waals surface area contributed by atoms with E-state index in [1.165, 1.54) is 22.3 Å². The number of hydrogen-bond donors (Lipinski definition) is 0. The van der Waals surface area contributed by atoms with Crippen LogP contribution in [0, 0.1) is 0 Å². The standard InChI is InChI=1S/C21H16N2O2/c1-7-22-8-2-15(1)13-21(14-16-3-9-23-10-4-16)17-5-11-24-19(17)20-18(21)6-12-25-20/h1-12H,13-14H2. The number of rotatable bonds is 4. The minimum absolute atomic E-state index is 0.215. The number of furan rings is 2. The van der Waals surface area contributed by atoms with Crippen molar-refractivity contribution in [2.24, 2.45) is 0 Å². The molecule has 4 aromatic heterocycles. The summed E-state index contributed by atoms with van der Waals surface area (Å²) in [5.41, 5.74) is 4.65. The Morgan fingerprint density at radius 3 is 1.52 bits per heavy atom. The SMILES string of the molecule is c1cc(CC2(Cc3ccncc3)c3ccoc3-c3occc32)ccn1. The lowest BCUT2D eigenvalue weighted by molar-refractivity contribution is 0.516. The van der Waals surface area contributed by atoms with Crippen molar-refractivity contribution in [1.82, 2.24) is 9.97 Å². The summed E-state index contributed by atoms with van der Waals surface area (Å²) in [6, 6.07) is 12.5. The molecule has 0 spiro atoms. The molecule has 4 aromatic rings. The topological polar surface area (TPSA) is 52.1 Å². The lowest BCUT2D eigenvalue weighted by Crippen LogP contribution is -2.30. The molecule has 122 valence electrons. The van der Waals surface area contributed by atoms with E-state index < -0.39 is 0 Å². The molecular weight excluding hydrogens is 312 g/mol. The fraction of sp³-hybridized carbons (Fsp3) is 0.143. The first kappa shape index (κ1) is 14.2. The smallest absolute Gasteiger partial charge is 0.173 e. The van der Waals surface area contributed by atoms with Crippen LogP contribution in [-0.2, 0) is 18.3 Å². The van der Waals surface area contributed by atoms with Crippen molar-refractivity contribution >= 4 is 0 Å². The maximum atomic E-state index is 5.77. The zero-order valence-corrected chi connectivity index (χ0v) is 13.6. The number of nitrogens with zero attached hydrogens (tertiary/aromatic N) is 2. The van der Waals surface area contributed by atoms with Gasteiger partial charge in [-0.1, -0.05) is 0 Å². The average Bonchev–Trinajstić information content (AvgIpc) is 3.35. The Hall–Kier alpha value is -3.14. The molecule has 0 saturated heterocycles. The Morgan fingerprint density at radius 2 is 1.08 bits per heavy atom. The van der Waals surface area contributed by atoms with E-state index in [1.54, 1.807) is 12.5 Å². The van der Waals surface area contributed by atoms with E-state index in [0.717, 1.165) is 24.4 Å². The predicted octanol–water partition coefficient (Wildman–Crippen LogP) is 4.41. The van der Waals surface area contributed by atoms with Crippen LogP contribution in [0.5, 0.6) is 0 Å². The number of fused-ring (bicyclic) bond motifs is 3. The molecule has 0 radical (unpaired) electrons. The Kier molecular flexibility index (Phi) is 3.10. The Balaban J connectivity index is 1.70. The molecule has 1 aliphatic carbocycles. The van der Waals surface area contributed by atoms with Gasteiger partial charge < -0.3 is 8.83 Å². The molecule has 0 fully saturated rings. The van der Waals surface area contributed by atoms with Gasteiger partial charge in [0.15, 0.2) is 11.5 Å². The summed E-state index contributed by atoms with van der Waals surface area (Å²) in [6.45, 7) is 0. The lowest BCUT2D eigenvalue weighted by atomic mass is 9.71. The van der Waals surface area contributed by atoms with E-state index in [-0.39, 0.29) is 5.41 Å². The number of hydrogen-bond acceptors (Lipinski definition) is 4. The highest BCUT2D eigenvalue weighted by molar-refractivity contribution is 5.73. The van der Waals surface area contributed by atoms with Crippen molar-refractivity contribution in [1.29, 1.82) is 0 Å². The van der Waals surface area contributed by atoms with Crippen molar-refractivity contribution in [2.45, 2.75) is 18.3 Å². The minimum atomic E-state index is -0.215. The molecule has 0 bridgehead atoms. The summed E-state index contributed by atoms with van der Waals surface area (Å²) < 4.78 is 11.5. The molecule has 5 rings (SSSR count). The zero-order chi connectivity index (χ0) is 16.7. The third-order valence-electron chi connectivity index (χ3n) is 5.08. The van der Waals surface area contributed by atoms with Gasteiger partial charge in [-0.25, -0.2) is 0 Å². The first-order valence-electron chi connectivity index (χ1n) is 8.31. The fourth-order valence-corrected chi connectivity index (χ4v) is 4.01. The van der Waals surface area contributed by atoms with Gasteiger partial charge in [0.05, 0.1) is 12.5 Å². The van der Waals surface area contributed by atoms with Crippen LogP contribution in [0.2, 0.25) is 0 Å². The summed E-state index contributed by atoms with van der Waals surface area (Å²) in [7, 11) is 0. The first-order chi connectivity index (χ1) is 12.4. The maximum Gasteiger partial charge on any atom is 0.173 e. The monoisotopic (exact) mass is 328 g/mol. The molecule has 0 unspecified atom stereocenters. The molecule has 0 aliphatic heterocycles. The highest BCUT2D eigenvalue weighted by atomic mass is 16.4. The minimum Gasteiger partial charge on any atom is -0.461 e. The number of pyridine rings is 2. The van der Waals surface area contributed by atoms with Crippen molar-refractivity contribution in [3.63, 3.8) is 0 Å². The highest BCUT2D eigenvalue weighted by Gasteiger charge is 2.47. The van der Waals surface area contributed by atoms with Gasteiger partial charge in [0.1, 0.15) is 0 Å². The predicted molar refractivity (Wildman–Crippen MR) is 93.1 cm³/mol. The molecule has 0 atom stereocenters. The fourth-order valence-electron chi connectivity index (χ4n) is 4.01. The van der Waals surface area contributed by atoms with Gasteiger partial charge in [-0.3, -0.25) is 9.97 Å². The molecule has 0 aromatic carbocycles. The largest absolute Gasteiger partial charge is 0.461 e. The van der Waals surface area contributed by atoms with Crippen LogP contribution < -0.4 is 0 Å². The van der Waals surface area contributed by atoms with E-state index in [2.05, 4.69) is 46.4 Å². The van der Waals surface area contributed by atoms with Gasteiger partial charge in [0.2, 0.25) is 0 Å². The van der Waals surface area contributed by atoms with E-state index in [9.17, 15) is 0 Å². The van der Waals surface area contributed by atoms with Crippen LogP contribution in [-0.4, -0.2) is 9.97 Å². The highest BCUT2D eigenvalue weighted by Crippen LogP contribution is 2.53. The second kappa shape index (κ2) is 5.45. The van der Waals surface area contributed by atoms with E-state index in [4.69, 9.17) is 8.83 Å². The molecule has 0 saturated carbocycles. The van der Waals surface area contributed by atoms with Crippen LogP contribution in [0.15, 0.2) is 82.5 Å². The third kappa shape index (κ3) is 2.14. The molecule has 1 aliphatic rings. The molecular formula is C21H16N2O2. The maximum absolute atomic E-state index is 5.77. The van der Waals surface area contributed by atoms with Gasteiger partial charge in [0.25, 0.3) is 0 Å². The van der Waals surface area contributed by atoms with Crippen LogP contribution in [0.3, 0.4) is 0 Å². The summed E-state index contributed by atoms with van der Waals surface area (Å²) in [4.78, 5) is 8.30. The molecule has 4 nitrogen and oxygen atoms in total. The van der Waals surface area contributed by atoms with Crippen molar-refractivity contribution in [3.8, 4) is 11.5 Å². The zero-order valence-electron chi connectivity index (χ0n) is 13.6. The van der Waals surface area contributed by atoms with Gasteiger partial charge in [0, 0.05) is 41.3 Å². The van der Waals surface area contributed by atoms with Gasteiger partial charge >= 0.3 is 0 Å². The van der Waals surface area contributed by atoms with Gasteiger partial charge in [-0.2, -0.15) is 0 Å². The lowest BCUT2D eigenvalue weighted by Gasteiger charge is -2.30. The molecule has 4 heteroatoms. The molecule has 0 N–H and O–H groups in total. The average molecular weight is 328 g/mol. The van der Waals surface area contributed by atoms with Gasteiger partial charge in [-0.05, 0) is 60.4 Å². The van der Waals surface area contributed by atoms with Crippen molar-refractivity contribution < 1.29 is 8.83 Å². The normalized spacial score (nSPS) is 14.2. The molecule has 4 heterocycles. The molecule has 0 amide bonds. The van der Waals surface area contributed by atoms with Crippen LogP contribution in [0.25, 0.3) is 11.5 Å². The Labute approximate surface area is 145 Å². The van der Waals surface area contributed by atoms with E-state index >= 15 is 0 Å². The summed E-state index contributed by atoms with van der Waals surface area (Å²) in [5, 5.41) is 0. The van der Waals surface area contributed by atoms with E-state index in [0.29, 0.717) is 0 Å². The second-order valence-corrected chi connectivity index (χ2v) is 6.47. The Bertz CT molecular complexity index is 919. The van der Waals surface area contributed by atoms with Crippen LogP contribution in [0.1, 0.15) is 22.3 Å². The quantitative estimate of drug-likeness (QED) is 0.556. The first-order valence-corrected chi connectivity index (χ1v) is 8.31. The second-order valence-electron chi connectivity index (χ2n) is 6.47. The van der Waals surface area contributed by atoms with Crippen molar-refractivity contribution in [2.75, 3.05) is 0 Å². The van der Waals surface area contributed by atoms with Crippen LogP contribution >= 0.6 is 0 Å². The Morgan fingerprint density at radius 1 is 0.640 bits per heavy atom. The molecule has 25 heavy (non-hydrogen) atoms. The summed E-state index contributed by atoms with van der Waals surface area (Å²) >= 11 is 0. The van der Waals surface area contributed by atoms with Gasteiger partial charge in [-0.15, -0.1) is 0 Å². The number of aromatic nitrogens is 2. The van der Waals surface area contributed by atoms with Crippen molar-refractivity contribution in [3.05, 3.63) is 96.0 Å².